The van der Waals surface area contributed by atoms with Crippen molar-refractivity contribution in [1.29, 1.82) is 0 Å². The highest BCUT2D eigenvalue weighted by molar-refractivity contribution is 5.74. The van der Waals surface area contributed by atoms with Gasteiger partial charge in [-0.25, -0.2) is 9.78 Å². The Kier molecular flexibility index (Phi) is 6.88. The minimum atomic E-state index is 0.0328. The third-order valence-corrected chi connectivity index (χ3v) is 5.10. The number of hydrogen-bond donors (Lipinski definition) is 1. The quantitative estimate of drug-likeness (QED) is 0.855. The van der Waals surface area contributed by atoms with Gasteiger partial charge in [0.25, 0.3) is 0 Å². The van der Waals surface area contributed by atoms with Gasteiger partial charge >= 0.3 is 6.03 Å². The van der Waals surface area contributed by atoms with Crippen molar-refractivity contribution in [2.24, 2.45) is 0 Å². The molecule has 0 atom stereocenters. The maximum Gasteiger partial charge on any atom is 0.317 e. The number of carbonyl (C=O) groups is 1. The van der Waals surface area contributed by atoms with E-state index in [1.165, 1.54) is 0 Å². The van der Waals surface area contributed by atoms with Crippen LogP contribution in [-0.2, 0) is 17.6 Å². The summed E-state index contributed by atoms with van der Waals surface area (Å²) in [5.74, 6) is 1.82. The molecule has 27 heavy (non-hydrogen) atoms. The van der Waals surface area contributed by atoms with E-state index in [4.69, 9.17) is 19.4 Å². The van der Waals surface area contributed by atoms with Crippen molar-refractivity contribution in [3.8, 4) is 5.88 Å². The van der Waals surface area contributed by atoms with Gasteiger partial charge in [0.05, 0.1) is 18.9 Å². The molecule has 2 amide bonds. The molecule has 0 unspecified atom stereocenters. The molecule has 7 heteroatoms. The number of carbonyl (C=O) groups excluding carboxylic acids is 1. The Morgan fingerprint density at radius 3 is 2.70 bits per heavy atom. The molecule has 0 saturated carbocycles. The lowest BCUT2D eigenvalue weighted by atomic mass is 10.1. The van der Waals surface area contributed by atoms with Gasteiger partial charge in [0.2, 0.25) is 5.88 Å². The van der Waals surface area contributed by atoms with E-state index in [-0.39, 0.29) is 18.1 Å². The fourth-order valence-corrected chi connectivity index (χ4v) is 3.46. The summed E-state index contributed by atoms with van der Waals surface area (Å²) in [6.45, 7) is 9.80. The maximum atomic E-state index is 12.1. The van der Waals surface area contributed by atoms with E-state index < -0.39 is 0 Å². The number of hydrogen-bond acceptors (Lipinski definition) is 5. The summed E-state index contributed by atoms with van der Waals surface area (Å²) in [6, 6.07) is 0.0328. The second-order valence-corrected chi connectivity index (χ2v) is 7.62. The minimum Gasteiger partial charge on any atom is -0.474 e. The highest BCUT2D eigenvalue weighted by Crippen LogP contribution is 2.27. The summed E-state index contributed by atoms with van der Waals surface area (Å²) in [4.78, 5) is 23.5. The Labute approximate surface area is 161 Å². The standard InChI is InChI=1S/C20H32N4O3/c1-4-9-21-20(25)24-10-5-15(6-11-24)27-19-16-7-12-26-13-8-17(16)22-18(23-19)14(2)3/h14-15H,4-13H2,1-3H3,(H,21,25). The normalized spacial score (nSPS) is 18.1. The highest BCUT2D eigenvalue weighted by atomic mass is 16.5. The average molecular weight is 377 g/mol. The van der Waals surface area contributed by atoms with Crippen molar-refractivity contribution in [3.05, 3.63) is 17.1 Å². The zero-order valence-electron chi connectivity index (χ0n) is 16.8. The van der Waals surface area contributed by atoms with Crippen LogP contribution in [0, 0.1) is 0 Å². The molecule has 1 saturated heterocycles. The average Bonchev–Trinajstić information content (AvgIpc) is 2.92. The van der Waals surface area contributed by atoms with Crippen LogP contribution in [0.3, 0.4) is 0 Å². The summed E-state index contributed by atoms with van der Waals surface area (Å²) >= 11 is 0. The van der Waals surface area contributed by atoms with Crippen LogP contribution in [-0.4, -0.2) is 59.9 Å². The zero-order chi connectivity index (χ0) is 19.2. The van der Waals surface area contributed by atoms with E-state index in [0.717, 1.165) is 61.6 Å². The summed E-state index contributed by atoms with van der Waals surface area (Å²) in [7, 11) is 0. The van der Waals surface area contributed by atoms with Gasteiger partial charge in [-0.05, 0) is 6.42 Å². The van der Waals surface area contributed by atoms with Gasteiger partial charge in [-0.15, -0.1) is 0 Å². The van der Waals surface area contributed by atoms with Crippen molar-refractivity contribution in [1.82, 2.24) is 20.2 Å². The van der Waals surface area contributed by atoms with E-state index in [2.05, 4.69) is 26.1 Å². The number of amides is 2. The molecule has 2 aliphatic rings. The van der Waals surface area contributed by atoms with Crippen molar-refractivity contribution < 1.29 is 14.3 Å². The van der Waals surface area contributed by atoms with Crippen LogP contribution in [0.15, 0.2) is 0 Å². The lowest BCUT2D eigenvalue weighted by molar-refractivity contribution is 0.105. The van der Waals surface area contributed by atoms with Crippen LogP contribution in [0.2, 0.25) is 0 Å². The first kappa shape index (κ1) is 19.9. The fourth-order valence-electron chi connectivity index (χ4n) is 3.46. The van der Waals surface area contributed by atoms with Crippen LogP contribution >= 0.6 is 0 Å². The molecule has 3 rings (SSSR count). The van der Waals surface area contributed by atoms with Crippen molar-refractivity contribution >= 4 is 6.03 Å². The number of likely N-dealkylation sites (tertiary alicyclic amines) is 1. The molecular formula is C20H32N4O3. The first-order chi connectivity index (χ1) is 13.1. The van der Waals surface area contributed by atoms with Crippen LogP contribution in [0.1, 0.15) is 63.0 Å². The Bertz CT molecular complexity index is 642. The second kappa shape index (κ2) is 9.35. The topological polar surface area (TPSA) is 76.6 Å². The Hall–Kier alpha value is -1.89. The van der Waals surface area contributed by atoms with Crippen molar-refractivity contribution in [3.63, 3.8) is 0 Å². The van der Waals surface area contributed by atoms with Crippen molar-refractivity contribution in [2.45, 2.75) is 64.9 Å². The molecular weight excluding hydrogens is 344 g/mol. The monoisotopic (exact) mass is 376 g/mol. The Morgan fingerprint density at radius 2 is 2.00 bits per heavy atom. The van der Waals surface area contributed by atoms with E-state index in [1.807, 2.05) is 4.90 Å². The molecule has 1 fully saturated rings. The molecule has 0 aromatic carbocycles. The predicted octanol–water partition coefficient (Wildman–Crippen LogP) is 2.68. The second-order valence-electron chi connectivity index (χ2n) is 7.62. The number of nitrogens with one attached hydrogen (secondary N) is 1. The largest absolute Gasteiger partial charge is 0.474 e. The maximum absolute atomic E-state index is 12.1. The van der Waals surface area contributed by atoms with E-state index in [9.17, 15) is 4.79 Å². The van der Waals surface area contributed by atoms with Crippen molar-refractivity contribution in [2.75, 3.05) is 32.8 Å². The minimum absolute atomic E-state index is 0.0328. The summed E-state index contributed by atoms with van der Waals surface area (Å²) in [5, 5.41) is 2.95. The molecule has 1 aromatic rings. The molecule has 150 valence electrons. The molecule has 1 aromatic heterocycles. The van der Waals surface area contributed by atoms with Crippen LogP contribution in [0.5, 0.6) is 5.88 Å². The number of ether oxygens (including phenoxy) is 2. The number of nitrogens with zero attached hydrogens (tertiary/aromatic N) is 3. The SMILES string of the molecule is CCCNC(=O)N1CCC(Oc2nc(C(C)C)nc3c2CCOCC3)CC1. The number of urea groups is 1. The molecule has 0 spiro atoms. The summed E-state index contributed by atoms with van der Waals surface area (Å²) in [5.41, 5.74) is 2.16. The number of aromatic nitrogens is 2. The predicted molar refractivity (Wildman–Crippen MR) is 103 cm³/mol. The Balaban J connectivity index is 1.67. The van der Waals surface area contributed by atoms with Crippen LogP contribution < -0.4 is 10.1 Å². The molecule has 0 radical (unpaired) electrons. The van der Waals surface area contributed by atoms with E-state index in [0.29, 0.717) is 26.3 Å². The molecule has 3 heterocycles. The van der Waals surface area contributed by atoms with Gasteiger partial charge in [-0.1, -0.05) is 20.8 Å². The molecule has 0 aliphatic carbocycles. The highest BCUT2D eigenvalue weighted by Gasteiger charge is 2.26. The summed E-state index contributed by atoms with van der Waals surface area (Å²) < 4.78 is 12.0. The zero-order valence-corrected chi connectivity index (χ0v) is 16.8. The number of piperidine rings is 1. The number of fused-ring (bicyclic) bond motifs is 1. The van der Waals surface area contributed by atoms with Crippen LogP contribution in [0.4, 0.5) is 4.79 Å². The van der Waals surface area contributed by atoms with Gasteiger partial charge in [0.1, 0.15) is 11.9 Å². The lowest BCUT2D eigenvalue weighted by Crippen LogP contribution is -2.46. The van der Waals surface area contributed by atoms with Gasteiger partial charge in [-0.3, -0.25) is 0 Å². The van der Waals surface area contributed by atoms with E-state index in [1.54, 1.807) is 0 Å². The Morgan fingerprint density at radius 1 is 1.26 bits per heavy atom. The molecule has 0 bridgehead atoms. The fraction of sp³-hybridized carbons (Fsp3) is 0.750. The van der Waals surface area contributed by atoms with Gasteiger partial charge < -0.3 is 19.7 Å². The first-order valence-corrected chi connectivity index (χ1v) is 10.2. The molecule has 7 nitrogen and oxygen atoms in total. The lowest BCUT2D eigenvalue weighted by Gasteiger charge is -2.32. The van der Waals surface area contributed by atoms with Gasteiger partial charge in [-0.2, -0.15) is 4.98 Å². The smallest absolute Gasteiger partial charge is 0.317 e. The third-order valence-electron chi connectivity index (χ3n) is 5.10. The van der Waals surface area contributed by atoms with Crippen LogP contribution in [0.25, 0.3) is 0 Å². The van der Waals surface area contributed by atoms with Gasteiger partial charge in [0, 0.05) is 56.8 Å². The van der Waals surface area contributed by atoms with Gasteiger partial charge in [0.15, 0.2) is 0 Å². The first-order valence-electron chi connectivity index (χ1n) is 10.2. The molecule has 2 aliphatic heterocycles. The number of rotatable bonds is 5. The summed E-state index contributed by atoms with van der Waals surface area (Å²) in [6.07, 6.45) is 4.29. The third kappa shape index (κ3) is 5.09. The van der Waals surface area contributed by atoms with E-state index >= 15 is 0 Å². The molecule has 1 N–H and O–H groups in total.